The quantitative estimate of drug-likeness (QED) is 0.942. The molecule has 0 spiro atoms. The first-order valence-electron chi connectivity index (χ1n) is 7.07. The Bertz CT molecular complexity index is 708. The molecule has 22 heavy (non-hydrogen) atoms. The third-order valence-corrected chi connectivity index (χ3v) is 4.07. The van der Waals surface area contributed by atoms with Crippen molar-refractivity contribution in [2.75, 3.05) is 11.9 Å². The SMILES string of the molecule is Cn1cncc1[C@@H]1C[C@H](Nc2ncc(C#N)cc2Cl)CCO1. The van der Waals surface area contributed by atoms with Crippen LogP contribution < -0.4 is 5.32 Å². The fourth-order valence-corrected chi connectivity index (χ4v) is 2.83. The lowest BCUT2D eigenvalue weighted by molar-refractivity contribution is 0.00554. The number of anilines is 1. The van der Waals surface area contributed by atoms with Crippen LogP contribution in [-0.4, -0.2) is 27.2 Å². The van der Waals surface area contributed by atoms with Gasteiger partial charge in [0.05, 0.1) is 28.8 Å². The van der Waals surface area contributed by atoms with Crippen molar-refractivity contribution in [3.05, 3.63) is 41.1 Å². The van der Waals surface area contributed by atoms with E-state index in [0.717, 1.165) is 18.5 Å². The molecule has 0 unspecified atom stereocenters. The van der Waals surface area contributed by atoms with Crippen molar-refractivity contribution in [2.24, 2.45) is 7.05 Å². The second-order valence-electron chi connectivity index (χ2n) is 5.32. The summed E-state index contributed by atoms with van der Waals surface area (Å²) in [6, 6.07) is 3.86. The smallest absolute Gasteiger partial charge is 0.145 e. The van der Waals surface area contributed by atoms with Crippen LogP contribution in [0.4, 0.5) is 5.82 Å². The van der Waals surface area contributed by atoms with Crippen LogP contribution in [0.5, 0.6) is 0 Å². The molecule has 114 valence electrons. The summed E-state index contributed by atoms with van der Waals surface area (Å²) in [6.07, 6.45) is 6.83. The van der Waals surface area contributed by atoms with Gasteiger partial charge in [-0.1, -0.05) is 11.6 Å². The lowest BCUT2D eigenvalue weighted by Gasteiger charge is -2.30. The molecule has 2 atom stereocenters. The molecule has 1 fully saturated rings. The van der Waals surface area contributed by atoms with Crippen molar-refractivity contribution in [3.63, 3.8) is 0 Å². The largest absolute Gasteiger partial charge is 0.372 e. The Morgan fingerprint density at radius 1 is 1.50 bits per heavy atom. The molecule has 1 aliphatic heterocycles. The Hall–Kier alpha value is -2.10. The summed E-state index contributed by atoms with van der Waals surface area (Å²) in [5, 5.41) is 12.7. The first-order chi connectivity index (χ1) is 10.7. The highest BCUT2D eigenvalue weighted by Crippen LogP contribution is 2.30. The standard InChI is InChI=1S/C15H16ClN5O/c1-21-9-18-8-13(21)14-5-11(2-3-22-14)20-15-12(16)4-10(6-17)7-19-15/h4,7-9,11,14H,2-3,5H2,1H3,(H,19,20)/t11-,14+/m1/s1. The van der Waals surface area contributed by atoms with Crippen molar-refractivity contribution in [2.45, 2.75) is 25.0 Å². The molecule has 1 saturated heterocycles. The number of pyridine rings is 1. The monoisotopic (exact) mass is 317 g/mol. The predicted octanol–water partition coefficient (Wildman–Crippen LogP) is 2.67. The van der Waals surface area contributed by atoms with Gasteiger partial charge in [-0.25, -0.2) is 9.97 Å². The molecule has 3 rings (SSSR count). The molecule has 2 aromatic rings. The van der Waals surface area contributed by atoms with Crippen LogP contribution in [-0.2, 0) is 11.8 Å². The molecule has 3 heterocycles. The van der Waals surface area contributed by atoms with Gasteiger partial charge in [-0.2, -0.15) is 5.26 Å². The van der Waals surface area contributed by atoms with Crippen LogP contribution in [0.25, 0.3) is 0 Å². The van der Waals surface area contributed by atoms with E-state index in [0.29, 0.717) is 23.0 Å². The zero-order chi connectivity index (χ0) is 15.5. The number of halogens is 1. The molecule has 0 aliphatic carbocycles. The minimum absolute atomic E-state index is 0.0101. The highest BCUT2D eigenvalue weighted by Gasteiger charge is 2.26. The van der Waals surface area contributed by atoms with Gasteiger partial charge in [0.1, 0.15) is 18.0 Å². The molecule has 0 amide bonds. The van der Waals surface area contributed by atoms with E-state index in [2.05, 4.69) is 15.3 Å². The molecular formula is C15H16ClN5O. The second-order valence-corrected chi connectivity index (χ2v) is 5.73. The van der Waals surface area contributed by atoms with Crippen molar-refractivity contribution < 1.29 is 4.74 Å². The minimum Gasteiger partial charge on any atom is -0.372 e. The van der Waals surface area contributed by atoms with Crippen LogP contribution in [0.3, 0.4) is 0 Å². The van der Waals surface area contributed by atoms with Crippen LogP contribution in [0, 0.1) is 11.3 Å². The number of aromatic nitrogens is 3. The second kappa shape index (κ2) is 6.34. The molecular weight excluding hydrogens is 302 g/mol. The Kier molecular flexibility index (Phi) is 4.27. The Morgan fingerprint density at radius 3 is 3.05 bits per heavy atom. The van der Waals surface area contributed by atoms with Gasteiger partial charge in [-0.3, -0.25) is 0 Å². The summed E-state index contributed by atoms with van der Waals surface area (Å²) < 4.78 is 7.81. The van der Waals surface area contributed by atoms with E-state index >= 15 is 0 Å². The van der Waals surface area contributed by atoms with E-state index in [1.54, 1.807) is 12.4 Å². The van der Waals surface area contributed by atoms with Crippen LogP contribution in [0.1, 0.15) is 30.2 Å². The van der Waals surface area contributed by atoms with Crippen LogP contribution in [0.15, 0.2) is 24.8 Å². The molecule has 0 radical (unpaired) electrons. The summed E-state index contributed by atoms with van der Waals surface area (Å²) in [4.78, 5) is 8.36. The van der Waals surface area contributed by atoms with Gasteiger partial charge >= 0.3 is 0 Å². The fraction of sp³-hybridized carbons (Fsp3) is 0.400. The van der Waals surface area contributed by atoms with Crippen molar-refractivity contribution in [1.29, 1.82) is 5.26 Å². The first-order valence-corrected chi connectivity index (χ1v) is 7.45. The van der Waals surface area contributed by atoms with Gasteiger partial charge in [0.15, 0.2) is 0 Å². The Balaban J connectivity index is 1.71. The van der Waals surface area contributed by atoms with E-state index in [4.69, 9.17) is 21.6 Å². The summed E-state index contributed by atoms with van der Waals surface area (Å²) in [5.74, 6) is 0.608. The topological polar surface area (TPSA) is 75.8 Å². The highest BCUT2D eigenvalue weighted by atomic mass is 35.5. The molecule has 0 aromatic carbocycles. The number of nitriles is 1. The summed E-state index contributed by atoms with van der Waals surface area (Å²) in [7, 11) is 1.96. The maximum atomic E-state index is 8.85. The summed E-state index contributed by atoms with van der Waals surface area (Å²) >= 11 is 6.17. The normalized spacial score (nSPS) is 21.3. The third-order valence-electron chi connectivity index (χ3n) is 3.78. The van der Waals surface area contributed by atoms with Gasteiger partial charge in [-0.15, -0.1) is 0 Å². The number of hydrogen-bond acceptors (Lipinski definition) is 5. The Morgan fingerprint density at radius 2 is 2.36 bits per heavy atom. The van der Waals surface area contributed by atoms with E-state index in [1.165, 1.54) is 6.20 Å². The van der Waals surface area contributed by atoms with Gasteiger partial charge < -0.3 is 14.6 Å². The maximum absolute atomic E-state index is 8.85. The number of ether oxygens (including phenoxy) is 1. The van der Waals surface area contributed by atoms with E-state index in [9.17, 15) is 0 Å². The van der Waals surface area contributed by atoms with Gasteiger partial charge in [0.2, 0.25) is 0 Å². The highest BCUT2D eigenvalue weighted by molar-refractivity contribution is 6.33. The molecule has 7 heteroatoms. The molecule has 6 nitrogen and oxygen atoms in total. The zero-order valence-electron chi connectivity index (χ0n) is 12.2. The fourth-order valence-electron chi connectivity index (χ4n) is 2.61. The van der Waals surface area contributed by atoms with E-state index < -0.39 is 0 Å². The van der Waals surface area contributed by atoms with Crippen molar-refractivity contribution in [3.8, 4) is 6.07 Å². The molecule has 1 aliphatic rings. The number of aryl methyl sites for hydroxylation is 1. The van der Waals surface area contributed by atoms with E-state index in [-0.39, 0.29) is 12.1 Å². The number of nitrogens with zero attached hydrogens (tertiary/aromatic N) is 4. The lowest BCUT2D eigenvalue weighted by Crippen LogP contribution is -2.31. The zero-order valence-corrected chi connectivity index (χ0v) is 12.9. The van der Waals surface area contributed by atoms with Crippen molar-refractivity contribution in [1.82, 2.24) is 14.5 Å². The average Bonchev–Trinajstić information content (AvgIpc) is 2.96. The molecule has 1 N–H and O–H groups in total. The van der Waals surface area contributed by atoms with Gasteiger partial charge in [-0.05, 0) is 18.9 Å². The Labute approximate surface area is 133 Å². The summed E-state index contributed by atoms with van der Waals surface area (Å²) in [5.41, 5.74) is 1.51. The van der Waals surface area contributed by atoms with Crippen LogP contribution in [0.2, 0.25) is 5.02 Å². The number of rotatable bonds is 3. The number of imidazole rings is 1. The van der Waals surface area contributed by atoms with Gasteiger partial charge in [0.25, 0.3) is 0 Å². The lowest BCUT2D eigenvalue weighted by atomic mass is 10.0. The first kappa shape index (κ1) is 14.8. The molecule has 0 saturated carbocycles. The third kappa shape index (κ3) is 3.06. The van der Waals surface area contributed by atoms with E-state index in [1.807, 2.05) is 23.9 Å². The predicted molar refractivity (Wildman–Crippen MR) is 82.5 cm³/mol. The maximum Gasteiger partial charge on any atom is 0.145 e. The van der Waals surface area contributed by atoms with Crippen molar-refractivity contribution >= 4 is 17.4 Å². The average molecular weight is 318 g/mol. The molecule has 2 aromatic heterocycles. The van der Waals surface area contributed by atoms with Gasteiger partial charge in [0, 0.05) is 25.9 Å². The van der Waals surface area contributed by atoms with Crippen LogP contribution >= 0.6 is 11.6 Å². The minimum atomic E-state index is 0.0101. The number of nitrogens with one attached hydrogen (secondary N) is 1. The molecule has 0 bridgehead atoms. The summed E-state index contributed by atoms with van der Waals surface area (Å²) in [6.45, 7) is 0.668. The number of hydrogen-bond donors (Lipinski definition) is 1.